The van der Waals surface area contributed by atoms with E-state index in [9.17, 15) is 9.59 Å². The molecule has 6 heteroatoms. The van der Waals surface area contributed by atoms with E-state index in [0.29, 0.717) is 36.4 Å². The van der Waals surface area contributed by atoms with Crippen molar-refractivity contribution < 1.29 is 14.3 Å². The highest BCUT2D eigenvalue weighted by molar-refractivity contribution is 6.00. The molecule has 1 aliphatic heterocycles. The van der Waals surface area contributed by atoms with Gasteiger partial charge in [0.1, 0.15) is 12.4 Å². The molecule has 29 heavy (non-hydrogen) atoms. The summed E-state index contributed by atoms with van der Waals surface area (Å²) in [6.07, 6.45) is 5.28. The SMILES string of the molecule is CC(C)(C)C(=O)N1CCOc2ccc(NC(=O)C3CC4CCCC(C3)C4N)cc21. The van der Waals surface area contributed by atoms with Crippen molar-refractivity contribution >= 4 is 23.2 Å². The van der Waals surface area contributed by atoms with Crippen molar-refractivity contribution in [3.63, 3.8) is 0 Å². The summed E-state index contributed by atoms with van der Waals surface area (Å²) in [5.41, 5.74) is 7.34. The number of nitrogens with one attached hydrogen (secondary N) is 1. The molecule has 3 N–H and O–H groups in total. The summed E-state index contributed by atoms with van der Waals surface area (Å²) in [6.45, 7) is 6.75. The number of nitrogens with two attached hydrogens (primary N) is 1. The molecule has 0 radical (unpaired) electrons. The third-order valence-electron chi connectivity index (χ3n) is 6.76. The summed E-state index contributed by atoms with van der Waals surface area (Å²) in [7, 11) is 0. The molecule has 2 fully saturated rings. The first-order valence-corrected chi connectivity index (χ1v) is 10.9. The van der Waals surface area contributed by atoms with Crippen molar-refractivity contribution in [2.45, 2.75) is 58.9 Å². The van der Waals surface area contributed by atoms with Crippen molar-refractivity contribution in [1.82, 2.24) is 0 Å². The van der Waals surface area contributed by atoms with Gasteiger partial charge in [-0.1, -0.05) is 27.2 Å². The van der Waals surface area contributed by atoms with Gasteiger partial charge in [0.2, 0.25) is 11.8 Å². The van der Waals surface area contributed by atoms with Gasteiger partial charge in [-0.25, -0.2) is 0 Å². The Morgan fingerprint density at radius 2 is 1.86 bits per heavy atom. The Labute approximate surface area is 173 Å². The lowest BCUT2D eigenvalue weighted by molar-refractivity contribution is -0.126. The van der Waals surface area contributed by atoms with E-state index >= 15 is 0 Å². The Balaban J connectivity index is 1.50. The molecule has 2 bridgehead atoms. The Morgan fingerprint density at radius 1 is 1.17 bits per heavy atom. The Hall–Kier alpha value is -2.08. The van der Waals surface area contributed by atoms with Crippen molar-refractivity contribution in [3.8, 4) is 5.75 Å². The topological polar surface area (TPSA) is 84.7 Å². The number of carbonyl (C=O) groups excluding carboxylic acids is 2. The fourth-order valence-corrected chi connectivity index (χ4v) is 5.16. The quantitative estimate of drug-likeness (QED) is 0.796. The van der Waals surface area contributed by atoms with E-state index in [2.05, 4.69) is 5.32 Å². The molecule has 1 aromatic carbocycles. The van der Waals surface area contributed by atoms with Gasteiger partial charge in [0.15, 0.2) is 0 Å². The second kappa shape index (κ2) is 7.63. The standard InChI is InChI=1S/C23H33N3O3/c1-23(2,3)22(28)26-9-10-29-19-8-7-17(13-18(19)26)25-21(27)16-11-14-5-4-6-15(12-16)20(14)24/h7-8,13-16,20H,4-6,9-12,24H2,1-3H3,(H,25,27). The van der Waals surface area contributed by atoms with Crippen LogP contribution in [0.3, 0.4) is 0 Å². The molecule has 2 aliphatic carbocycles. The summed E-state index contributed by atoms with van der Waals surface area (Å²) in [4.78, 5) is 27.6. The highest BCUT2D eigenvalue weighted by atomic mass is 16.5. The average Bonchev–Trinajstić information content (AvgIpc) is 2.66. The molecule has 6 nitrogen and oxygen atoms in total. The number of benzene rings is 1. The van der Waals surface area contributed by atoms with Gasteiger partial charge in [0, 0.05) is 23.1 Å². The van der Waals surface area contributed by atoms with Crippen LogP contribution in [0.2, 0.25) is 0 Å². The maximum Gasteiger partial charge on any atom is 0.232 e. The lowest BCUT2D eigenvalue weighted by atomic mass is 9.65. The van der Waals surface area contributed by atoms with Crippen molar-refractivity contribution in [3.05, 3.63) is 18.2 Å². The van der Waals surface area contributed by atoms with Gasteiger partial charge in [-0.3, -0.25) is 9.59 Å². The zero-order valence-electron chi connectivity index (χ0n) is 17.7. The zero-order chi connectivity index (χ0) is 20.8. The molecule has 2 amide bonds. The molecule has 2 saturated carbocycles. The third-order valence-corrected chi connectivity index (χ3v) is 6.76. The third kappa shape index (κ3) is 4.00. The van der Waals surface area contributed by atoms with Gasteiger partial charge in [-0.05, 0) is 55.7 Å². The average molecular weight is 400 g/mol. The second-order valence-electron chi connectivity index (χ2n) is 9.92. The van der Waals surface area contributed by atoms with E-state index in [1.165, 1.54) is 6.42 Å². The van der Waals surface area contributed by atoms with Crippen LogP contribution in [-0.4, -0.2) is 31.0 Å². The van der Waals surface area contributed by atoms with E-state index in [4.69, 9.17) is 10.5 Å². The van der Waals surface area contributed by atoms with E-state index in [1.807, 2.05) is 39.0 Å². The fraction of sp³-hybridized carbons (Fsp3) is 0.652. The molecule has 2 unspecified atom stereocenters. The lowest BCUT2D eigenvalue weighted by Gasteiger charge is -2.43. The van der Waals surface area contributed by atoms with E-state index < -0.39 is 5.41 Å². The van der Waals surface area contributed by atoms with Gasteiger partial charge in [0.25, 0.3) is 0 Å². The number of nitrogens with zero attached hydrogens (tertiary/aromatic N) is 1. The fourth-order valence-electron chi connectivity index (χ4n) is 5.16. The van der Waals surface area contributed by atoms with Crippen molar-refractivity contribution in [2.24, 2.45) is 28.9 Å². The van der Waals surface area contributed by atoms with Gasteiger partial charge in [-0.15, -0.1) is 0 Å². The van der Waals surface area contributed by atoms with Crippen LogP contribution in [-0.2, 0) is 9.59 Å². The molecule has 0 spiro atoms. The summed E-state index contributed by atoms with van der Waals surface area (Å²) >= 11 is 0. The molecule has 158 valence electrons. The maximum atomic E-state index is 13.0. The molecule has 0 saturated heterocycles. The first kappa shape index (κ1) is 20.2. The van der Waals surface area contributed by atoms with E-state index in [1.54, 1.807) is 4.90 Å². The molecule has 2 atom stereocenters. The predicted octanol–water partition coefficient (Wildman–Crippen LogP) is 3.55. The van der Waals surface area contributed by atoms with Crippen LogP contribution in [0.1, 0.15) is 52.9 Å². The van der Waals surface area contributed by atoms with Crippen LogP contribution in [0.4, 0.5) is 11.4 Å². The largest absolute Gasteiger partial charge is 0.490 e. The number of anilines is 2. The van der Waals surface area contributed by atoms with Crippen LogP contribution in [0, 0.1) is 23.2 Å². The van der Waals surface area contributed by atoms with Gasteiger partial charge < -0.3 is 20.7 Å². The van der Waals surface area contributed by atoms with Crippen molar-refractivity contribution in [1.29, 1.82) is 0 Å². The highest BCUT2D eigenvalue weighted by Crippen LogP contribution is 2.42. The summed E-state index contributed by atoms with van der Waals surface area (Å²) in [5.74, 6) is 1.76. The van der Waals surface area contributed by atoms with Crippen LogP contribution in [0.25, 0.3) is 0 Å². The van der Waals surface area contributed by atoms with Gasteiger partial charge >= 0.3 is 0 Å². The smallest absolute Gasteiger partial charge is 0.232 e. The number of rotatable bonds is 2. The minimum atomic E-state index is -0.480. The number of hydrogen-bond acceptors (Lipinski definition) is 4. The van der Waals surface area contributed by atoms with Crippen molar-refractivity contribution in [2.75, 3.05) is 23.4 Å². The highest BCUT2D eigenvalue weighted by Gasteiger charge is 2.40. The van der Waals surface area contributed by atoms with Crippen LogP contribution in [0.15, 0.2) is 18.2 Å². The molecule has 1 aromatic rings. The van der Waals surface area contributed by atoms with Crippen LogP contribution in [0.5, 0.6) is 5.75 Å². The lowest BCUT2D eigenvalue weighted by Crippen LogP contribution is -2.48. The molecular formula is C23H33N3O3. The second-order valence-corrected chi connectivity index (χ2v) is 9.92. The number of amides is 2. The number of fused-ring (bicyclic) bond motifs is 3. The molecular weight excluding hydrogens is 366 g/mol. The molecule has 3 aliphatic rings. The number of hydrogen-bond donors (Lipinski definition) is 2. The first-order chi connectivity index (χ1) is 13.7. The normalized spacial score (nSPS) is 28.9. The van der Waals surface area contributed by atoms with Gasteiger partial charge in [-0.2, -0.15) is 0 Å². The first-order valence-electron chi connectivity index (χ1n) is 10.9. The van der Waals surface area contributed by atoms with E-state index in [0.717, 1.165) is 31.4 Å². The van der Waals surface area contributed by atoms with Crippen LogP contribution < -0.4 is 20.7 Å². The Kier molecular flexibility index (Phi) is 5.32. The zero-order valence-corrected chi connectivity index (χ0v) is 17.7. The summed E-state index contributed by atoms with van der Waals surface area (Å²) in [5, 5.41) is 3.09. The monoisotopic (exact) mass is 399 g/mol. The molecule has 4 rings (SSSR count). The van der Waals surface area contributed by atoms with E-state index in [-0.39, 0.29) is 23.8 Å². The van der Waals surface area contributed by atoms with Gasteiger partial charge in [0.05, 0.1) is 12.2 Å². The Morgan fingerprint density at radius 3 is 2.52 bits per heavy atom. The number of ether oxygens (including phenoxy) is 1. The minimum absolute atomic E-state index is 0.0182. The molecule has 1 heterocycles. The molecule has 0 aromatic heterocycles. The summed E-state index contributed by atoms with van der Waals surface area (Å²) in [6, 6.07) is 5.83. The predicted molar refractivity (Wildman–Crippen MR) is 114 cm³/mol. The summed E-state index contributed by atoms with van der Waals surface area (Å²) < 4.78 is 5.73. The Bertz CT molecular complexity index is 787. The number of carbonyl (C=O) groups is 2. The van der Waals surface area contributed by atoms with Crippen LogP contribution >= 0.6 is 0 Å². The minimum Gasteiger partial charge on any atom is -0.490 e. The maximum absolute atomic E-state index is 13.0.